The number of carbonyl (C=O) groups excluding carboxylic acids is 2. The zero-order valence-electron chi connectivity index (χ0n) is 16.0. The van der Waals surface area contributed by atoms with Gasteiger partial charge in [0.15, 0.2) is 0 Å². The maximum atomic E-state index is 14.1. The van der Waals surface area contributed by atoms with Crippen molar-refractivity contribution in [1.29, 1.82) is 0 Å². The van der Waals surface area contributed by atoms with Gasteiger partial charge in [0.1, 0.15) is 11.8 Å². The number of likely N-dealkylation sites (tertiary alicyclic amines) is 1. The molecule has 1 aromatic heterocycles. The van der Waals surface area contributed by atoms with Crippen molar-refractivity contribution in [2.75, 3.05) is 20.2 Å². The Morgan fingerprint density at radius 2 is 2.07 bits per heavy atom. The minimum atomic E-state index is -3.19. The lowest BCUT2D eigenvalue weighted by Crippen LogP contribution is -2.47. The van der Waals surface area contributed by atoms with Crippen molar-refractivity contribution >= 4 is 11.8 Å². The largest absolute Gasteiger partial charge is 0.497 e. The first kappa shape index (κ1) is 20.5. The van der Waals surface area contributed by atoms with Crippen LogP contribution in [0.1, 0.15) is 11.1 Å². The van der Waals surface area contributed by atoms with E-state index in [9.17, 15) is 18.4 Å². The maximum Gasteiger partial charge on any atom is 0.286 e. The van der Waals surface area contributed by atoms with Crippen LogP contribution in [0, 0.1) is 0 Å². The number of aromatic nitrogens is 2. The van der Waals surface area contributed by atoms with Crippen LogP contribution in [0.3, 0.4) is 0 Å². The van der Waals surface area contributed by atoms with E-state index in [2.05, 4.69) is 17.0 Å². The van der Waals surface area contributed by atoms with Crippen molar-refractivity contribution in [2.24, 2.45) is 0 Å². The van der Waals surface area contributed by atoms with Gasteiger partial charge in [0.25, 0.3) is 5.92 Å². The van der Waals surface area contributed by atoms with Crippen LogP contribution in [0.15, 0.2) is 49.3 Å². The molecule has 1 aromatic carbocycles. The van der Waals surface area contributed by atoms with E-state index in [4.69, 9.17) is 4.74 Å². The molecule has 154 valence electrons. The zero-order valence-corrected chi connectivity index (χ0v) is 16.0. The molecular weight excluding hydrogens is 382 g/mol. The number of methoxy groups -OCH3 is 1. The molecule has 0 bridgehead atoms. The van der Waals surface area contributed by atoms with Gasteiger partial charge in [0.2, 0.25) is 11.8 Å². The second-order valence-corrected chi connectivity index (χ2v) is 6.88. The highest BCUT2D eigenvalue weighted by molar-refractivity contribution is 5.87. The topological polar surface area (TPSA) is 76.5 Å². The summed E-state index contributed by atoms with van der Waals surface area (Å²) in [6.07, 6.45) is 4.13. The summed E-state index contributed by atoms with van der Waals surface area (Å²) in [5, 5.41) is 6.54. The monoisotopic (exact) mass is 404 g/mol. The molecule has 0 radical (unpaired) electrons. The van der Waals surface area contributed by atoms with Gasteiger partial charge in [0.05, 0.1) is 32.8 Å². The van der Waals surface area contributed by atoms with E-state index in [0.29, 0.717) is 12.1 Å². The first-order chi connectivity index (χ1) is 13.8. The predicted octanol–water partition coefficient (Wildman–Crippen LogP) is 1.63. The Morgan fingerprint density at radius 3 is 2.72 bits per heavy atom. The van der Waals surface area contributed by atoms with Crippen molar-refractivity contribution < 1.29 is 23.1 Å². The van der Waals surface area contributed by atoms with Crippen LogP contribution >= 0.6 is 0 Å². The highest BCUT2D eigenvalue weighted by atomic mass is 19.3. The molecule has 2 heterocycles. The van der Waals surface area contributed by atoms with E-state index in [-0.39, 0.29) is 13.0 Å². The molecule has 1 fully saturated rings. The number of hydrogen-bond donors (Lipinski definition) is 1. The van der Waals surface area contributed by atoms with Gasteiger partial charge in [-0.1, -0.05) is 18.7 Å². The van der Waals surface area contributed by atoms with Crippen LogP contribution < -0.4 is 10.1 Å². The van der Waals surface area contributed by atoms with Crippen LogP contribution in [0.5, 0.6) is 5.75 Å². The summed E-state index contributed by atoms with van der Waals surface area (Å²) in [6, 6.07) is 6.08. The summed E-state index contributed by atoms with van der Waals surface area (Å²) in [6.45, 7) is 2.82. The number of nitrogens with one attached hydrogen (secondary N) is 1. The van der Waals surface area contributed by atoms with Gasteiger partial charge in [-0.3, -0.25) is 14.3 Å². The van der Waals surface area contributed by atoms with Crippen LogP contribution in [0.4, 0.5) is 8.78 Å². The van der Waals surface area contributed by atoms with Crippen molar-refractivity contribution in [3.8, 4) is 5.75 Å². The minimum absolute atomic E-state index is 0.0788. The van der Waals surface area contributed by atoms with E-state index in [0.717, 1.165) is 22.3 Å². The van der Waals surface area contributed by atoms with Gasteiger partial charge < -0.3 is 15.0 Å². The quantitative estimate of drug-likeness (QED) is 0.712. The maximum absolute atomic E-state index is 14.1. The lowest BCUT2D eigenvalue weighted by molar-refractivity contribution is -0.126. The predicted molar refractivity (Wildman–Crippen MR) is 102 cm³/mol. The Kier molecular flexibility index (Phi) is 5.95. The lowest BCUT2D eigenvalue weighted by atomic mass is 10.1. The standard InChI is InChI=1S/C20H22F2N4O3/c1-3-19(28)25-12-17(20(21,22)13-25)24-18(27)8-15-9-23-26(11-15)10-14-4-6-16(29-2)7-5-14/h3-7,9,11,17H,1,8,10,12-13H2,2H3,(H,24,27). The molecule has 1 saturated heterocycles. The van der Waals surface area contributed by atoms with Gasteiger partial charge in [0, 0.05) is 12.7 Å². The second-order valence-electron chi connectivity index (χ2n) is 6.88. The normalized spacial score (nSPS) is 17.8. The summed E-state index contributed by atoms with van der Waals surface area (Å²) in [7, 11) is 1.59. The van der Waals surface area contributed by atoms with Crippen molar-refractivity contribution in [3.05, 3.63) is 60.4 Å². The van der Waals surface area contributed by atoms with Gasteiger partial charge in [-0.2, -0.15) is 5.10 Å². The van der Waals surface area contributed by atoms with E-state index >= 15 is 0 Å². The Morgan fingerprint density at radius 1 is 1.34 bits per heavy atom. The number of halogens is 2. The SMILES string of the molecule is C=CC(=O)N1CC(NC(=O)Cc2cnn(Cc3ccc(OC)cc3)c2)C(F)(F)C1. The van der Waals surface area contributed by atoms with Gasteiger partial charge in [-0.25, -0.2) is 8.78 Å². The number of amides is 2. The molecule has 2 amide bonds. The molecule has 2 aromatic rings. The molecule has 1 aliphatic heterocycles. The number of carbonyl (C=O) groups is 2. The smallest absolute Gasteiger partial charge is 0.286 e. The Bertz CT molecular complexity index is 895. The Hall–Kier alpha value is -3.23. The van der Waals surface area contributed by atoms with Crippen molar-refractivity contribution in [2.45, 2.75) is 24.9 Å². The van der Waals surface area contributed by atoms with E-state index in [1.54, 1.807) is 18.0 Å². The molecule has 29 heavy (non-hydrogen) atoms. The van der Waals surface area contributed by atoms with Crippen molar-refractivity contribution in [3.63, 3.8) is 0 Å². The third-order valence-electron chi connectivity index (χ3n) is 4.69. The number of ether oxygens (including phenoxy) is 1. The fourth-order valence-corrected chi connectivity index (χ4v) is 3.16. The number of hydrogen-bond acceptors (Lipinski definition) is 4. The molecule has 0 saturated carbocycles. The first-order valence-electron chi connectivity index (χ1n) is 9.03. The minimum Gasteiger partial charge on any atom is -0.497 e. The average molecular weight is 404 g/mol. The Labute approximate surface area is 166 Å². The number of rotatable bonds is 7. The van der Waals surface area contributed by atoms with Crippen LogP contribution in [-0.4, -0.2) is 58.7 Å². The van der Waals surface area contributed by atoms with Crippen LogP contribution in [-0.2, 0) is 22.6 Å². The lowest BCUT2D eigenvalue weighted by Gasteiger charge is -2.18. The molecular formula is C20H22F2N4O3. The Balaban J connectivity index is 1.56. The van der Waals surface area contributed by atoms with Crippen LogP contribution in [0.2, 0.25) is 0 Å². The summed E-state index contributed by atoms with van der Waals surface area (Å²) in [4.78, 5) is 24.8. The first-order valence-corrected chi connectivity index (χ1v) is 9.03. The highest BCUT2D eigenvalue weighted by Gasteiger charge is 2.49. The summed E-state index contributed by atoms with van der Waals surface area (Å²) in [5.41, 5.74) is 1.61. The van der Waals surface area contributed by atoms with Crippen LogP contribution in [0.25, 0.3) is 0 Å². The molecule has 1 aliphatic rings. The molecule has 1 unspecified atom stereocenters. The van der Waals surface area contributed by atoms with E-state index in [1.165, 1.54) is 6.20 Å². The molecule has 1 N–H and O–H groups in total. The summed E-state index contributed by atoms with van der Waals surface area (Å²) in [5.74, 6) is -3.57. The number of nitrogens with zero attached hydrogens (tertiary/aromatic N) is 3. The van der Waals surface area contributed by atoms with Gasteiger partial charge in [-0.15, -0.1) is 0 Å². The second kappa shape index (κ2) is 8.42. The molecule has 3 rings (SSSR count). The number of alkyl halides is 2. The van der Waals surface area contributed by atoms with Gasteiger partial charge in [-0.05, 0) is 29.3 Å². The summed E-state index contributed by atoms with van der Waals surface area (Å²) >= 11 is 0. The third-order valence-corrected chi connectivity index (χ3v) is 4.69. The number of benzene rings is 1. The fraction of sp³-hybridized carbons (Fsp3) is 0.350. The van der Waals surface area contributed by atoms with Crippen molar-refractivity contribution in [1.82, 2.24) is 20.0 Å². The van der Waals surface area contributed by atoms with E-state index < -0.39 is 30.3 Å². The molecule has 7 nitrogen and oxygen atoms in total. The van der Waals surface area contributed by atoms with Gasteiger partial charge >= 0.3 is 0 Å². The molecule has 1 atom stereocenters. The zero-order chi connectivity index (χ0) is 21.0. The molecule has 9 heteroatoms. The van der Waals surface area contributed by atoms with E-state index in [1.807, 2.05) is 24.3 Å². The molecule has 0 aliphatic carbocycles. The summed E-state index contributed by atoms with van der Waals surface area (Å²) < 4.78 is 35.0. The average Bonchev–Trinajstić information content (AvgIpc) is 3.25. The third kappa shape index (κ3) is 4.98. The highest BCUT2D eigenvalue weighted by Crippen LogP contribution is 2.28. The molecule has 0 spiro atoms. The fourth-order valence-electron chi connectivity index (χ4n) is 3.16.